The molecule has 0 saturated carbocycles. The molecule has 0 aliphatic heterocycles. The number of halogens is 2. The zero-order valence-electron chi connectivity index (χ0n) is 18.6. The first-order valence-corrected chi connectivity index (χ1v) is 11.9. The highest BCUT2D eigenvalue weighted by Gasteiger charge is 2.09. The Morgan fingerprint density at radius 1 is 0.833 bits per heavy atom. The zero-order chi connectivity index (χ0) is 25.5. The maximum Gasteiger partial charge on any atom is 0.255 e. The van der Waals surface area contributed by atoms with Crippen molar-refractivity contribution >= 4 is 69.8 Å². The summed E-state index contributed by atoms with van der Waals surface area (Å²) >= 11 is 17.4. The maximum absolute atomic E-state index is 12.2. The average molecular weight is 536 g/mol. The summed E-state index contributed by atoms with van der Waals surface area (Å²) in [6.45, 7) is 0. The van der Waals surface area contributed by atoms with Gasteiger partial charge in [-0.3, -0.25) is 14.9 Å². The minimum absolute atomic E-state index is 0.124. The van der Waals surface area contributed by atoms with Crippen LogP contribution < -0.4 is 16.0 Å². The molecule has 6 nitrogen and oxygen atoms in total. The van der Waals surface area contributed by atoms with Gasteiger partial charge in [-0.1, -0.05) is 41.4 Å². The molecule has 0 spiro atoms. The van der Waals surface area contributed by atoms with E-state index in [2.05, 4.69) is 16.0 Å². The molecule has 4 aromatic rings. The lowest BCUT2D eigenvalue weighted by Gasteiger charge is -2.10. The van der Waals surface area contributed by atoms with Crippen molar-refractivity contribution in [3.8, 4) is 11.3 Å². The summed E-state index contributed by atoms with van der Waals surface area (Å²) in [5.41, 5.74) is 2.54. The van der Waals surface area contributed by atoms with Gasteiger partial charge in [0.25, 0.3) is 5.91 Å². The van der Waals surface area contributed by atoms with E-state index in [0.717, 1.165) is 0 Å². The van der Waals surface area contributed by atoms with Crippen molar-refractivity contribution in [3.05, 3.63) is 112 Å². The molecule has 180 valence electrons. The number of furan rings is 1. The van der Waals surface area contributed by atoms with Crippen molar-refractivity contribution in [1.29, 1.82) is 0 Å². The Kier molecular flexibility index (Phi) is 8.17. The van der Waals surface area contributed by atoms with E-state index < -0.39 is 5.91 Å². The lowest BCUT2D eigenvalue weighted by atomic mass is 10.2. The molecule has 9 heteroatoms. The third kappa shape index (κ3) is 6.82. The van der Waals surface area contributed by atoms with Crippen molar-refractivity contribution in [2.24, 2.45) is 0 Å². The number of hydrogen-bond acceptors (Lipinski definition) is 4. The number of nitrogens with one attached hydrogen (secondary N) is 3. The smallest absolute Gasteiger partial charge is 0.255 e. The lowest BCUT2D eigenvalue weighted by molar-refractivity contribution is -0.115. The fraction of sp³-hybridized carbons (Fsp3) is 0. The van der Waals surface area contributed by atoms with E-state index in [0.29, 0.717) is 44.1 Å². The molecule has 2 amide bonds. The van der Waals surface area contributed by atoms with Crippen LogP contribution in [0.25, 0.3) is 17.4 Å². The Bertz CT molecular complexity index is 1430. The molecule has 3 N–H and O–H groups in total. The number of anilines is 2. The Hall–Kier alpha value is -3.91. The van der Waals surface area contributed by atoms with Gasteiger partial charge >= 0.3 is 0 Å². The van der Waals surface area contributed by atoms with E-state index >= 15 is 0 Å². The predicted octanol–water partition coefficient (Wildman–Crippen LogP) is 7.03. The molecule has 1 heterocycles. The van der Waals surface area contributed by atoms with E-state index in [4.69, 9.17) is 39.8 Å². The van der Waals surface area contributed by atoms with Crippen molar-refractivity contribution < 1.29 is 14.0 Å². The third-order valence-corrected chi connectivity index (χ3v) is 5.65. The van der Waals surface area contributed by atoms with E-state index in [1.807, 2.05) is 6.07 Å². The summed E-state index contributed by atoms with van der Waals surface area (Å²) in [4.78, 5) is 24.5. The Morgan fingerprint density at radius 3 is 2.22 bits per heavy atom. The highest BCUT2D eigenvalue weighted by Crippen LogP contribution is 2.31. The second kappa shape index (κ2) is 11.7. The molecule has 0 bridgehead atoms. The summed E-state index contributed by atoms with van der Waals surface area (Å²) in [6, 6.07) is 24.4. The number of carbonyl (C=O) groups is 2. The van der Waals surface area contributed by atoms with E-state index in [-0.39, 0.29) is 11.0 Å². The van der Waals surface area contributed by atoms with Crippen LogP contribution in [0.1, 0.15) is 16.1 Å². The molecule has 4 rings (SSSR count). The number of carbonyl (C=O) groups excluding carboxylic acids is 2. The van der Waals surface area contributed by atoms with Crippen molar-refractivity contribution in [3.63, 3.8) is 0 Å². The summed E-state index contributed by atoms with van der Waals surface area (Å²) in [5.74, 6) is 0.392. The van der Waals surface area contributed by atoms with Crippen molar-refractivity contribution in [2.75, 3.05) is 10.6 Å². The van der Waals surface area contributed by atoms with Gasteiger partial charge in [0, 0.05) is 33.6 Å². The first-order chi connectivity index (χ1) is 17.4. The fourth-order valence-corrected chi connectivity index (χ4v) is 3.90. The summed E-state index contributed by atoms with van der Waals surface area (Å²) < 4.78 is 5.74. The van der Waals surface area contributed by atoms with Gasteiger partial charge in [-0.25, -0.2) is 0 Å². The Morgan fingerprint density at radius 2 is 1.53 bits per heavy atom. The highest BCUT2D eigenvalue weighted by molar-refractivity contribution is 7.80. The second-order valence-corrected chi connectivity index (χ2v) is 8.75. The number of thiocarbonyl (C=S) groups is 1. The van der Waals surface area contributed by atoms with Crippen molar-refractivity contribution in [2.45, 2.75) is 0 Å². The van der Waals surface area contributed by atoms with Gasteiger partial charge in [-0.2, -0.15) is 0 Å². The number of hydrogen-bond donors (Lipinski definition) is 3. The molecular weight excluding hydrogens is 517 g/mol. The summed E-state index contributed by atoms with van der Waals surface area (Å²) in [6.07, 6.45) is 2.83. The van der Waals surface area contributed by atoms with E-state index in [1.54, 1.807) is 78.9 Å². The number of amides is 2. The zero-order valence-corrected chi connectivity index (χ0v) is 21.0. The van der Waals surface area contributed by atoms with Crippen LogP contribution in [0.4, 0.5) is 11.4 Å². The van der Waals surface area contributed by atoms with Crippen LogP contribution in [0.5, 0.6) is 0 Å². The standard InChI is InChI=1S/C27H19Cl2N3O3S/c28-18-6-13-22(23(29)16-18)24-14-11-21(35-24)12-15-25(33)32-27(36)31-20-9-7-19(8-10-20)30-26(34)17-4-2-1-3-5-17/h1-16H,(H,30,34)(H2,31,32,33,36)/b15-12+. The highest BCUT2D eigenvalue weighted by atomic mass is 35.5. The van der Waals surface area contributed by atoms with Crippen LogP contribution >= 0.6 is 35.4 Å². The lowest BCUT2D eigenvalue weighted by Crippen LogP contribution is -2.32. The van der Waals surface area contributed by atoms with Gasteiger partial charge in [-0.15, -0.1) is 0 Å². The van der Waals surface area contributed by atoms with Crippen LogP contribution in [0.15, 0.2) is 95.4 Å². The molecule has 0 atom stereocenters. The SMILES string of the molecule is O=C(/C=C/c1ccc(-c2ccc(Cl)cc2Cl)o1)NC(=S)Nc1ccc(NC(=O)c2ccccc2)cc1. The second-order valence-electron chi connectivity index (χ2n) is 7.50. The quantitative estimate of drug-likeness (QED) is 0.182. The first-order valence-electron chi connectivity index (χ1n) is 10.7. The van der Waals surface area contributed by atoms with Gasteiger partial charge in [0.2, 0.25) is 5.91 Å². The van der Waals surface area contributed by atoms with Crippen LogP contribution in [-0.2, 0) is 4.79 Å². The molecule has 0 aliphatic carbocycles. The van der Waals surface area contributed by atoms with Gasteiger partial charge in [0.1, 0.15) is 11.5 Å². The van der Waals surface area contributed by atoms with Gasteiger partial charge in [0.05, 0.1) is 5.02 Å². The Balaban J connectivity index is 1.28. The largest absolute Gasteiger partial charge is 0.457 e. The molecular formula is C27H19Cl2N3O3S. The van der Waals surface area contributed by atoms with Crippen molar-refractivity contribution in [1.82, 2.24) is 5.32 Å². The summed E-state index contributed by atoms with van der Waals surface area (Å²) in [7, 11) is 0. The van der Waals surface area contributed by atoms with Crippen LogP contribution in [-0.4, -0.2) is 16.9 Å². The average Bonchev–Trinajstić information content (AvgIpc) is 3.33. The fourth-order valence-electron chi connectivity index (χ4n) is 3.18. The van der Waals surface area contributed by atoms with E-state index in [9.17, 15) is 9.59 Å². The van der Waals surface area contributed by atoms with Gasteiger partial charge in [0.15, 0.2) is 5.11 Å². The molecule has 0 saturated heterocycles. The topological polar surface area (TPSA) is 83.4 Å². The molecule has 0 unspecified atom stereocenters. The number of benzene rings is 3. The van der Waals surface area contributed by atoms with E-state index in [1.165, 1.54) is 12.2 Å². The molecule has 3 aromatic carbocycles. The monoisotopic (exact) mass is 535 g/mol. The normalized spacial score (nSPS) is 10.7. The molecule has 0 radical (unpaired) electrons. The molecule has 36 heavy (non-hydrogen) atoms. The summed E-state index contributed by atoms with van der Waals surface area (Å²) in [5, 5.41) is 9.43. The van der Waals surface area contributed by atoms with Crippen LogP contribution in [0, 0.1) is 0 Å². The predicted molar refractivity (Wildman–Crippen MR) is 148 cm³/mol. The first kappa shape index (κ1) is 25.2. The molecule has 0 fully saturated rings. The minimum Gasteiger partial charge on any atom is -0.457 e. The number of rotatable bonds is 6. The van der Waals surface area contributed by atoms with Crippen LogP contribution in [0.2, 0.25) is 10.0 Å². The molecule has 1 aromatic heterocycles. The van der Waals surface area contributed by atoms with Gasteiger partial charge in [-0.05, 0) is 85.0 Å². The maximum atomic E-state index is 12.2. The molecule has 0 aliphatic rings. The third-order valence-electron chi connectivity index (χ3n) is 4.90. The van der Waals surface area contributed by atoms with Gasteiger partial charge < -0.3 is 15.1 Å². The Labute approximate surface area is 222 Å². The minimum atomic E-state index is -0.429. The van der Waals surface area contributed by atoms with Crippen LogP contribution in [0.3, 0.4) is 0 Å².